The molecule has 184 valence electrons. The standard InChI is InChI=1S/C25H26F3N5O2/c26-25(27,28)21-15-30-24(32-23(21)29-12-9-22(34)35)31-20-7-5-17(6-8-20)16-33-13-10-18-3-1-2-4-19(18)11-14-33/h1-8,15H,9-14,16H2,(H,34,35)(H2,29,30,31,32). The molecule has 7 nitrogen and oxygen atoms in total. The molecule has 0 unspecified atom stereocenters. The first-order valence-electron chi connectivity index (χ1n) is 11.3. The number of alkyl halides is 3. The minimum absolute atomic E-state index is 0.0196. The molecule has 0 atom stereocenters. The molecule has 0 saturated heterocycles. The molecule has 0 aliphatic carbocycles. The van der Waals surface area contributed by atoms with Gasteiger partial charge in [0.1, 0.15) is 11.4 Å². The van der Waals surface area contributed by atoms with Gasteiger partial charge >= 0.3 is 12.1 Å². The average Bonchev–Trinajstić information content (AvgIpc) is 3.02. The van der Waals surface area contributed by atoms with Crippen molar-refractivity contribution in [3.05, 3.63) is 77.0 Å². The van der Waals surface area contributed by atoms with E-state index in [1.54, 1.807) is 0 Å². The molecule has 1 aliphatic rings. The van der Waals surface area contributed by atoms with E-state index in [0.29, 0.717) is 11.9 Å². The van der Waals surface area contributed by atoms with E-state index in [-0.39, 0.29) is 18.9 Å². The number of rotatable bonds is 8. The van der Waals surface area contributed by atoms with Crippen LogP contribution in [0.5, 0.6) is 0 Å². The third-order valence-electron chi connectivity index (χ3n) is 5.85. The van der Waals surface area contributed by atoms with Gasteiger partial charge in [-0.3, -0.25) is 9.69 Å². The molecule has 2 heterocycles. The van der Waals surface area contributed by atoms with E-state index in [4.69, 9.17) is 5.11 Å². The van der Waals surface area contributed by atoms with Crippen molar-refractivity contribution in [2.45, 2.75) is 32.0 Å². The summed E-state index contributed by atoms with van der Waals surface area (Å²) in [6.07, 6.45) is -2.28. The quantitative estimate of drug-likeness (QED) is 0.425. The largest absolute Gasteiger partial charge is 0.481 e. The van der Waals surface area contributed by atoms with Crippen molar-refractivity contribution in [3.8, 4) is 0 Å². The van der Waals surface area contributed by atoms with Crippen molar-refractivity contribution in [2.75, 3.05) is 30.3 Å². The number of hydrogen-bond acceptors (Lipinski definition) is 6. The Morgan fingerprint density at radius 2 is 1.69 bits per heavy atom. The Balaban J connectivity index is 1.39. The van der Waals surface area contributed by atoms with Crippen molar-refractivity contribution in [1.82, 2.24) is 14.9 Å². The maximum absolute atomic E-state index is 13.3. The van der Waals surface area contributed by atoms with Crippen molar-refractivity contribution in [3.63, 3.8) is 0 Å². The molecule has 35 heavy (non-hydrogen) atoms. The lowest BCUT2D eigenvalue weighted by Crippen LogP contribution is -2.25. The number of aliphatic carboxylic acids is 1. The fraction of sp³-hybridized carbons (Fsp3) is 0.320. The lowest BCUT2D eigenvalue weighted by molar-refractivity contribution is -0.137. The topological polar surface area (TPSA) is 90.4 Å². The monoisotopic (exact) mass is 485 g/mol. The molecule has 0 amide bonds. The Kier molecular flexibility index (Phi) is 7.50. The maximum Gasteiger partial charge on any atom is 0.421 e. The predicted molar refractivity (Wildman–Crippen MR) is 127 cm³/mol. The molecule has 10 heteroatoms. The van der Waals surface area contributed by atoms with Gasteiger partial charge in [-0.1, -0.05) is 36.4 Å². The molecular weight excluding hydrogens is 459 g/mol. The minimum atomic E-state index is -4.67. The van der Waals surface area contributed by atoms with Crippen LogP contribution in [0.4, 0.5) is 30.6 Å². The van der Waals surface area contributed by atoms with Gasteiger partial charge in [0.2, 0.25) is 5.95 Å². The molecule has 3 N–H and O–H groups in total. The van der Waals surface area contributed by atoms with E-state index in [1.807, 2.05) is 24.3 Å². The number of hydrogen-bond donors (Lipinski definition) is 3. The second-order valence-corrected chi connectivity index (χ2v) is 8.39. The molecule has 0 bridgehead atoms. The van der Waals surface area contributed by atoms with Gasteiger partial charge in [0, 0.05) is 38.1 Å². The van der Waals surface area contributed by atoms with Gasteiger partial charge in [-0.05, 0) is 41.7 Å². The van der Waals surface area contributed by atoms with Gasteiger partial charge in [-0.15, -0.1) is 0 Å². The summed E-state index contributed by atoms with van der Waals surface area (Å²) in [5.41, 5.74) is 3.52. The number of fused-ring (bicyclic) bond motifs is 1. The SMILES string of the molecule is O=C(O)CCNc1nc(Nc2ccc(CN3CCc4ccccc4CC3)cc2)ncc1C(F)(F)F. The highest BCUT2D eigenvalue weighted by atomic mass is 19.4. The number of aromatic nitrogens is 2. The zero-order chi connectivity index (χ0) is 24.8. The van der Waals surface area contributed by atoms with Gasteiger partial charge in [-0.25, -0.2) is 4.98 Å². The summed E-state index contributed by atoms with van der Waals surface area (Å²) in [7, 11) is 0. The number of anilines is 3. The average molecular weight is 486 g/mol. The van der Waals surface area contributed by atoms with Crippen LogP contribution < -0.4 is 10.6 Å². The van der Waals surface area contributed by atoms with E-state index in [1.165, 1.54) is 11.1 Å². The van der Waals surface area contributed by atoms with Crippen LogP contribution in [0, 0.1) is 0 Å². The van der Waals surface area contributed by atoms with E-state index in [2.05, 4.69) is 49.8 Å². The number of carboxylic acid groups (broad SMARTS) is 1. The number of nitrogens with zero attached hydrogens (tertiary/aromatic N) is 3. The van der Waals surface area contributed by atoms with Crippen LogP contribution in [0.15, 0.2) is 54.7 Å². The van der Waals surface area contributed by atoms with Crippen molar-refractivity contribution in [1.29, 1.82) is 0 Å². The zero-order valence-electron chi connectivity index (χ0n) is 19.0. The van der Waals surface area contributed by atoms with Gasteiger partial charge < -0.3 is 15.7 Å². The minimum Gasteiger partial charge on any atom is -0.481 e. The van der Waals surface area contributed by atoms with Crippen molar-refractivity contribution in [2.24, 2.45) is 0 Å². The third-order valence-corrected chi connectivity index (χ3v) is 5.85. The summed E-state index contributed by atoms with van der Waals surface area (Å²) in [6, 6.07) is 16.1. The number of nitrogens with one attached hydrogen (secondary N) is 2. The molecule has 4 rings (SSSR count). The summed E-state index contributed by atoms with van der Waals surface area (Å²) in [4.78, 5) is 20.8. The van der Waals surface area contributed by atoms with E-state index in [0.717, 1.165) is 38.0 Å². The van der Waals surface area contributed by atoms with Gasteiger partial charge in [-0.2, -0.15) is 18.2 Å². The van der Waals surface area contributed by atoms with E-state index >= 15 is 0 Å². The van der Waals surface area contributed by atoms with Crippen LogP contribution in [-0.2, 0) is 30.4 Å². The highest BCUT2D eigenvalue weighted by Crippen LogP contribution is 2.34. The highest BCUT2D eigenvalue weighted by Gasteiger charge is 2.35. The maximum atomic E-state index is 13.3. The van der Waals surface area contributed by atoms with Gasteiger partial charge in [0.05, 0.1) is 6.42 Å². The molecule has 0 radical (unpaired) electrons. The summed E-state index contributed by atoms with van der Waals surface area (Å²) in [5.74, 6) is -1.60. The fourth-order valence-electron chi connectivity index (χ4n) is 4.03. The lowest BCUT2D eigenvalue weighted by atomic mass is 10.0. The zero-order valence-corrected chi connectivity index (χ0v) is 19.0. The Morgan fingerprint density at radius 1 is 1.03 bits per heavy atom. The second-order valence-electron chi connectivity index (χ2n) is 8.39. The normalized spacial score (nSPS) is 14.1. The number of benzene rings is 2. The molecular formula is C25H26F3N5O2. The molecule has 0 saturated carbocycles. The van der Waals surface area contributed by atoms with Crippen LogP contribution in [0.1, 0.15) is 28.7 Å². The lowest BCUT2D eigenvalue weighted by Gasteiger charge is -2.20. The summed E-state index contributed by atoms with van der Waals surface area (Å²) in [6.45, 7) is 2.58. The van der Waals surface area contributed by atoms with Crippen LogP contribution in [0.25, 0.3) is 0 Å². The van der Waals surface area contributed by atoms with E-state index < -0.39 is 23.5 Å². The molecule has 0 spiro atoms. The van der Waals surface area contributed by atoms with Gasteiger partial charge in [0.15, 0.2) is 0 Å². The summed E-state index contributed by atoms with van der Waals surface area (Å²) < 4.78 is 39.8. The first-order chi connectivity index (χ1) is 16.8. The number of carboxylic acids is 1. The van der Waals surface area contributed by atoms with E-state index in [9.17, 15) is 18.0 Å². The predicted octanol–water partition coefficient (Wildman–Crippen LogP) is 4.73. The summed E-state index contributed by atoms with van der Waals surface area (Å²) >= 11 is 0. The van der Waals surface area contributed by atoms with Crippen LogP contribution in [0.2, 0.25) is 0 Å². The first-order valence-corrected chi connectivity index (χ1v) is 11.3. The molecule has 3 aromatic rings. The molecule has 1 aliphatic heterocycles. The molecule has 1 aromatic heterocycles. The number of halogens is 3. The Hall–Kier alpha value is -3.66. The smallest absolute Gasteiger partial charge is 0.421 e. The highest BCUT2D eigenvalue weighted by molar-refractivity contribution is 5.67. The van der Waals surface area contributed by atoms with Crippen molar-refractivity contribution < 1.29 is 23.1 Å². The Morgan fingerprint density at radius 3 is 2.29 bits per heavy atom. The Labute approximate surface area is 201 Å². The third kappa shape index (κ3) is 6.69. The van der Waals surface area contributed by atoms with Crippen LogP contribution in [-0.4, -0.2) is 45.6 Å². The van der Waals surface area contributed by atoms with Crippen LogP contribution >= 0.6 is 0 Å². The van der Waals surface area contributed by atoms with Crippen LogP contribution in [0.3, 0.4) is 0 Å². The first kappa shape index (κ1) is 24.5. The summed E-state index contributed by atoms with van der Waals surface area (Å²) in [5, 5.41) is 14.1. The fourth-order valence-corrected chi connectivity index (χ4v) is 4.03. The molecule has 0 fully saturated rings. The van der Waals surface area contributed by atoms with Crippen molar-refractivity contribution >= 4 is 23.4 Å². The Bertz CT molecular complexity index is 1140. The van der Waals surface area contributed by atoms with Gasteiger partial charge in [0.25, 0.3) is 0 Å². The molecule has 2 aromatic carbocycles. The number of carbonyl (C=O) groups is 1. The second kappa shape index (κ2) is 10.7.